The van der Waals surface area contributed by atoms with E-state index in [4.69, 9.17) is 9.47 Å². The zero-order valence-electron chi connectivity index (χ0n) is 16.9. The summed E-state index contributed by atoms with van der Waals surface area (Å²) in [5.41, 5.74) is 0.450. The van der Waals surface area contributed by atoms with Gasteiger partial charge in [0, 0.05) is 18.7 Å². The number of hydrogen-bond donors (Lipinski definition) is 1. The third-order valence-corrected chi connectivity index (χ3v) is 5.31. The van der Waals surface area contributed by atoms with Gasteiger partial charge in [0.1, 0.15) is 11.6 Å². The molecule has 2 aromatic rings. The first-order valence-electron chi connectivity index (χ1n) is 10.1. The highest BCUT2D eigenvalue weighted by atomic mass is 19.1. The van der Waals surface area contributed by atoms with Gasteiger partial charge < -0.3 is 24.6 Å². The lowest BCUT2D eigenvalue weighted by Crippen LogP contribution is -2.60. The second-order valence-corrected chi connectivity index (χ2v) is 7.53. The average Bonchev–Trinajstić information content (AvgIpc) is 2.98. The Bertz CT molecular complexity index is 956. The Morgan fingerprint density at radius 1 is 0.903 bits per heavy atom. The first-order chi connectivity index (χ1) is 15.0. The topological polar surface area (TPSA) is 71.1 Å². The number of carbonyl (C=O) groups excluding carboxylic acids is 2. The average molecular weight is 431 g/mol. The number of anilines is 1. The van der Waals surface area contributed by atoms with Gasteiger partial charge in [-0.15, -0.1) is 0 Å². The zero-order valence-corrected chi connectivity index (χ0v) is 16.9. The molecule has 2 fully saturated rings. The molecule has 2 aliphatic heterocycles. The van der Waals surface area contributed by atoms with Crippen molar-refractivity contribution in [1.82, 2.24) is 9.80 Å². The van der Waals surface area contributed by atoms with E-state index < -0.39 is 23.5 Å². The van der Waals surface area contributed by atoms with E-state index in [0.29, 0.717) is 31.7 Å². The van der Waals surface area contributed by atoms with Crippen molar-refractivity contribution in [3.05, 3.63) is 65.7 Å². The third kappa shape index (κ3) is 4.83. The smallest absolute Gasteiger partial charge is 0.322 e. The van der Waals surface area contributed by atoms with Gasteiger partial charge in [-0.2, -0.15) is 0 Å². The van der Waals surface area contributed by atoms with Gasteiger partial charge in [-0.3, -0.25) is 4.79 Å². The fourth-order valence-corrected chi connectivity index (χ4v) is 3.75. The van der Waals surface area contributed by atoms with Crippen LogP contribution >= 0.6 is 0 Å². The molecule has 2 saturated heterocycles. The second-order valence-electron chi connectivity index (χ2n) is 7.53. The van der Waals surface area contributed by atoms with E-state index in [0.717, 1.165) is 0 Å². The van der Waals surface area contributed by atoms with E-state index in [2.05, 4.69) is 5.32 Å². The van der Waals surface area contributed by atoms with Crippen LogP contribution in [0.15, 0.2) is 48.5 Å². The fraction of sp³-hybridized carbons (Fsp3) is 0.364. The monoisotopic (exact) mass is 431 g/mol. The summed E-state index contributed by atoms with van der Waals surface area (Å²) in [6, 6.07) is 10.8. The molecule has 0 bridgehead atoms. The maximum Gasteiger partial charge on any atom is 0.322 e. The summed E-state index contributed by atoms with van der Waals surface area (Å²) >= 11 is 0. The standard InChI is InChI=1S/C22H23F2N3O4/c23-17-8-6-16(7-9-17)20(28)26-10-3-12-30-22(14-26)15-27(11-13-31-22)21(29)25-19-5-2-1-4-18(19)24/h1-2,4-9H,3,10-15H2,(H,25,29). The lowest BCUT2D eigenvalue weighted by atomic mass is 10.1. The molecule has 1 spiro atoms. The van der Waals surface area contributed by atoms with E-state index >= 15 is 0 Å². The number of halogens is 2. The van der Waals surface area contributed by atoms with Gasteiger partial charge in [-0.1, -0.05) is 12.1 Å². The summed E-state index contributed by atoms with van der Waals surface area (Å²) < 4.78 is 39.0. The van der Waals surface area contributed by atoms with Crippen molar-refractivity contribution in [2.45, 2.75) is 12.2 Å². The maximum atomic E-state index is 13.9. The Balaban J connectivity index is 1.47. The van der Waals surface area contributed by atoms with E-state index in [1.165, 1.54) is 41.3 Å². The fourth-order valence-electron chi connectivity index (χ4n) is 3.75. The minimum Gasteiger partial charge on any atom is -0.347 e. The number of carbonyl (C=O) groups is 2. The highest BCUT2D eigenvalue weighted by Crippen LogP contribution is 2.26. The molecule has 0 aliphatic carbocycles. The Labute approximate surface area is 178 Å². The van der Waals surface area contributed by atoms with Crippen LogP contribution in [0.4, 0.5) is 19.3 Å². The summed E-state index contributed by atoms with van der Waals surface area (Å²) in [5.74, 6) is -2.39. The molecule has 3 amide bonds. The van der Waals surface area contributed by atoms with E-state index in [1.54, 1.807) is 17.0 Å². The lowest BCUT2D eigenvalue weighted by Gasteiger charge is -2.43. The highest BCUT2D eigenvalue weighted by molar-refractivity contribution is 5.94. The van der Waals surface area contributed by atoms with Gasteiger partial charge in [-0.25, -0.2) is 13.6 Å². The van der Waals surface area contributed by atoms with Crippen molar-refractivity contribution in [2.75, 3.05) is 44.7 Å². The molecular weight excluding hydrogens is 408 g/mol. The number of benzene rings is 2. The highest BCUT2D eigenvalue weighted by Gasteiger charge is 2.43. The van der Waals surface area contributed by atoms with E-state index in [-0.39, 0.29) is 31.3 Å². The van der Waals surface area contributed by atoms with Gasteiger partial charge in [0.25, 0.3) is 5.91 Å². The first-order valence-corrected chi connectivity index (χ1v) is 10.1. The van der Waals surface area contributed by atoms with Crippen LogP contribution in [0.5, 0.6) is 0 Å². The molecule has 4 rings (SSSR count). The number of urea groups is 1. The van der Waals surface area contributed by atoms with E-state index in [9.17, 15) is 18.4 Å². The molecule has 1 N–H and O–H groups in total. The predicted octanol–water partition coefficient (Wildman–Crippen LogP) is 3.09. The number of morpholine rings is 1. The van der Waals surface area contributed by atoms with Crippen molar-refractivity contribution < 1.29 is 27.8 Å². The summed E-state index contributed by atoms with van der Waals surface area (Å²) in [7, 11) is 0. The van der Waals surface area contributed by atoms with Crippen LogP contribution in [0.2, 0.25) is 0 Å². The van der Waals surface area contributed by atoms with Crippen LogP contribution in [-0.4, -0.2) is 66.9 Å². The molecular formula is C22H23F2N3O4. The molecule has 2 heterocycles. The Morgan fingerprint density at radius 2 is 1.61 bits per heavy atom. The molecule has 2 aromatic carbocycles. The van der Waals surface area contributed by atoms with Crippen LogP contribution in [0, 0.1) is 11.6 Å². The van der Waals surface area contributed by atoms with Crippen LogP contribution in [0.1, 0.15) is 16.8 Å². The Kier molecular flexibility index (Phi) is 6.15. The molecule has 2 aliphatic rings. The Hall–Kier alpha value is -3.04. The second kappa shape index (κ2) is 8.99. The summed E-state index contributed by atoms with van der Waals surface area (Å²) in [6.07, 6.45) is 0.597. The number of para-hydroxylation sites is 1. The quantitative estimate of drug-likeness (QED) is 0.794. The molecule has 1 unspecified atom stereocenters. The molecule has 0 radical (unpaired) electrons. The molecule has 31 heavy (non-hydrogen) atoms. The van der Waals surface area contributed by atoms with Gasteiger partial charge in [-0.05, 0) is 42.8 Å². The van der Waals surface area contributed by atoms with Crippen molar-refractivity contribution in [2.24, 2.45) is 0 Å². The third-order valence-electron chi connectivity index (χ3n) is 5.31. The van der Waals surface area contributed by atoms with Crippen molar-refractivity contribution in [1.29, 1.82) is 0 Å². The number of rotatable bonds is 2. The minimum absolute atomic E-state index is 0.0838. The maximum absolute atomic E-state index is 13.9. The number of nitrogens with zero attached hydrogens (tertiary/aromatic N) is 2. The Morgan fingerprint density at radius 3 is 2.39 bits per heavy atom. The molecule has 164 valence electrons. The number of ether oxygens (including phenoxy) is 2. The van der Waals surface area contributed by atoms with Crippen LogP contribution < -0.4 is 5.32 Å². The molecule has 9 heteroatoms. The number of amides is 3. The molecule has 0 aromatic heterocycles. The van der Waals surface area contributed by atoms with Gasteiger partial charge in [0.15, 0.2) is 0 Å². The molecule has 7 nitrogen and oxygen atoms in total. The SMILES string of the molecule is O=C(Nc1ccccc1F)N1CCOC2(C1)CN(C(=O)c1ccc(F)cc1)CCCO2. The lowest BCUT2D eigenvalue weighted by molar-refractivity contribution is -0.258. The van der Waals surface area contributed by atoms with Crippen LogP contribution in [-0.2, 0) is 9.47 Å². The van der Waals surface area contributed by atoms with Gasteiger partial charge in [0.05, 0.1) is 32.0 Å². The van der Waals surface area contributed by atoms with Gasteiger partial charge >= 0.3 is 6.03 Å². The molecule has 0 saturated carbocycles. The predicted molar refractivity (Wildman–Crippen MR) is 109 cm³/mol. The van der Waals surface area contributed by atoms with Crippen molar-refractivity contribution >= 4 is 17.6 Å². The number of nitrogens with one attached hydrogen (secondary N) is 1. The van der Waals surface area contributed by atoms with Crippen LogP contribution in [0.3, 0.4) is 0 Å². The van der Waals surface area contributed by atoms with Crippen LogP contribution in [0.25, 0.3) is 0 Å². The van der Waals surface area contributed by atoms with E-state index in [1.807, 2.05) is 0 Å². The zero-order chi connectivity index (χ0) is 21.8. The summed E-state index contributed by atoms with van der Waals surface area (Å²) in [6.45, 7) is 1.52. The summed E-state index contributed by atoms with van der Waals surface area (Å²) in [5, 5.41) is 2.57. The number of hydrogen-bond acceptors (Lipinski definition) is 4. The van der Waals surface area contributed by atoms with Crippen molar-refractivity contribution in [3.63, 3.8) is 0 Å². The molecule has 1 atom stereocenters. The summed E-state index contributed by atoms with van der Waals surface area (Å²) in [4.78, 5) is 28.7. The van der Waals surface area contributed by atoms with Crippen molar-refractivity contribution in [3.8, 4) is 0 Å². The van der Waals surface area contributed by atoms with Gasteiger partial charge in [0.2, 0.25) is 5.79 Å². The minimum atomic E-state index is -1.18. The largest absolute Gasteiger partial charge is 0.347 e. The first kappa shape index (κ1) is 21.2. The normalized spacial score (nSPS) is 21.6.